The van der Waals surface area contributed by atoms with Gasteiger partial charge in [0.15, 0.2) is 16.3 Å². The molecular formula is C30H31N7O3S. The molecule has 210 valence electrons. The Bertz CT molecular complexity index is 1820. The third-order valence-corrected chi connectivity index (χ3v) is 7.62. The Hall–Kier alpha value is -4.56. The van der Waals surface area contributed by atoms with Crippen molar-refractivity contribution in [3.05, 3.63) is 69.4 Å². The summed E-state index contributed by atoms with van der Waals surface area (Å²) in [4.78, 5) is 41.5. The van der Waals surface area contributed by atoms with Gasteiger partial charge in [-0.2, -0.15) is 5.10 Å². The molecule has 1 aliphatic heterocycles. The predicted molar refractivity (Wildman–Crippen MR) is 164 cm³/mol. The highest BCUT2D eigenvalue weighted by Gasteiger charge is 2.50. The molecule has 0 aliphatic carbocycles. The first-order valence-corrected chi connectivity index (χ1v) is 13.8. The Balaban J connectivity index is 1.65. The van der Waals surface area contributed by atoms with Crippen LogP contribution in [0.5, 0.6) is 5.75 Å². The van der Waals surface area contributed by atoms with E-state index in [0.29, 0.717) is 63.4 Å². The van der Waals surface area contributed by atoms with Crippen LogP contribution >= 0.6 is 12.2 Å². The summed E-state index contributed by atoms with van der Waals surface area (Å²) in [6, 6.07) is 10.7. The molecule has 1 aliphatic rings. The van der Waals surface area contributed by atoms with Crippen LogP contribution in [0.15, 0.2) is 41.2 Å². The van der Waals surface area contributed by atoms with E-state index in [1.165, 1.54) is 4.90 Å². The lowest BCUT2D eigenvalue weighted by atomic mass is 10.0. The van der Waals surface area contributed by atoms with E-state index in [0.717, 1.165) is 17.7 Å². The van der Waals surface area contributed by atoms with Crippen molar-refractivity contribution in [3.8, 4) is 17.1 Å². The van der Waals surface area contributed by atoms with Crippen molar-refractivity contribution in [1.29, 1.82) is 0 Å². The van der Waals surface area contributed by atoms with Gasteiger partial charge in [-0.25, -0.2) is 9.83 Å². The average Bonchev–Trinajstić information content (AvgIpc) is 3.33. The van der Waals surface area contributed by atoms with Crippen molar-refractivity contribution >= 4 is 51.3 Å². The zero-order chi connectivity index (χ0) is 29.6. The number of H-pyrrole nitrogens is 1. The van der Waals surface area contributed by atoms with E-state index in [9.17, 15) is 9.59 Å². The maximum atomic E-state index is 13.7. The fraction of sp³-hybridized carbons (Fsp3) is 0.333. The molecule has 0 atom stereocenters. The Morgan fingerprint density at radius 1 is 1.12 bits per heavy atom. The molecule has 3 heterocycles. The van der Waals surface area contributed by atoms with Gasteiger partial charge >= 0.3 is 0 Å². The van der Waals surface area contributed by atoms with Gasteiger partial charge in [0, 0.05) is 18.4 Å². The third kappa shape index (κ3) is 4.54. The number of hydrogen-bond acceptors (Lipinski definition) is 6. The molecule has 1 amide bonds. The molecule has 41 heavy (non-hydrogen) atoms. The van der Waals surface area contributed by atoms with Crippen LogP contribution in [0.4, 0.5) is 17.1 Å². The molecule has 1 N–H and O–H groups in total. The predicted octanol–water partition coefficient (Wildman–Crippen LogP) is 5.45. The fourth-order valence-corrected chi connectivity index (χ4v) is 5.79. The van der Waals surface area contributed by atoms with E-state index in [1.54, 1.807) is 40.9 Å². The molecule has 11 heteroatoms. The molecule has 1 saturated heterocycles. The summed E-state index contributed by atoms with van der Waals surface area (Å²) < 4.78 is 7.50. The van der Waals surface area contributed by atoms with Crippen LogP contribution in [-0.4, -0.2) is 42.9 Å². The van der Waals surface area contributed by atoms with E-state index in [1.807, 2.05) is 39.8 Å². The van der Waals surface area contributed by atoms with Gasteiger partial charge in [0.1, 0.15) is 22.6 Å². The number of nitrogens with zero attached hydrogens (tertiary/aromatic N) is 6. The summed E-state index contributed by atoms with van der Waals surface area (Å²) in [5.74, 6) is 0.686. The second kappa shape index (κ2) is 10.4. The normalized spacial score (nSPS) is 14.7. The number of carbonyl (C=O) groups excluding carboxylic acids is 1. The standard InChI is InChI=1S/C30H31N7O3S/c1-8-10-22-24-25(35(7)34-22)27(38)33-26(32-24)20-16-19(12-14-23(20)40-9-2)37-29(41)36(28(39)30(37,4)5)18-11-13-21(31-6)17(3)15-18/h11-16H,8-10H2,1-5,7H3,(H,32,33,38). The first-order valence-electron chi connectivity index (χ1n) is 13.4. The van der Waals surface area contributed by atoms with Gasteiger partial charge in [0.05, 0.1) is 24.4 Å². The van der Waals surface area contributed by atoms with Gasteiger partial charge in [-0.05, 0) is 82.2 Å². The van der Waals surface area contributed by atoms with Crippen LogP contribution in [0.25, 0.3) is 27.3 Å². The first kappa shape index (κ1) is 28.0. The van der Waals surface area contributed by atoms with Crippen LogP contribution in [0.2, 0.25) is 0 Å². The number of thiocarbonyl (C=S) groups is 1. The van der Waals surface area contributed by atoms with Crippen LogP contribution in [0.3, 0.4) is 0 Å². The minimum Gasteiger partial charge on any atom is -0.493 e. The number of aromatic nitrogens is 4. The SMILES string of the molecule is [C-]#[N+]c1ccc(N2C(=O)C(C)(C)N(c3ccc(OCC)c(-c4nc5c(CCC)nn(C)c5c(=O)[nH]4)c3)C2=S)cc1C. The number of aryl methyl sites for hydroxylation is 3. The summed E-state index contributed by atoms with van der Waals surface area (Å²) in [6.07, 6.45) is 1.55. The molecule has 2 aromatic carbocycles. The van der Waals surface area contributed by atoms with Crippen molar-refractivity contribution in [1.82, 2.24) is 19.7 Å². The molecule has 1 fully saturated rings. The number of hydrogen-bond donors (Lipinski definition) is 1. The van der Waals surface area contributed by atoms with E-state index >= 15 is 0 Å². The van der Waals surface area contributed by atoms with E-state index in [2.05, 4.69) is 21.9 Å². The Morgan fingerprint density at radius 2 is 1.85 bits per heavy atom. The minimum absolute atomic E-state index is 0.194. The van der Waals surface area contributed by atoms with Crippen molar-refractivity contribution < 1.29 is 9.53 Å². The molecule has 0 radical (unpaired) electrons. The summed E-state index contributed by atoms with van der Waals surface area (Å²) >= 11 is 5.89. The molecule has 4 aromatic rings. The second-order valence-corrected chi connectivity index (χ2v) is 10.8. The second-order valence-electron chi connectivity index (χ2n) is 10.4. The fourth-order valence-electron chi connectivity index (χ4n) is 5.26. The minimum atomic E-state index is -1.02. The van der Waals surface area contributed by atoms with E-state index in [-0.39, 0.29) is 11.5 Å². The van der Waals surface area contributed by atoms with Crippen LogP contribution < -0.4 is 20.1 Å². The number of rotatable bonds is 7. The highest BCUT2D eigenvalue weighted by molar-refractivity contribution is 7.81. The number of nitrogens with one attached hydrogen (secondary N) is 1. The number of carbonyl (C=O) groups is 1. The van der Waals surface area contributed by atoms with E-state index < -0.39 is 5.54 Å². The van der Waals surface area contributed by atoms with E-state index in [4.69, 9.17) is 28.5 Å². The summed E-state index contributed by atoms with van der Waals surface area (Å²) in [6.45, 7) is 17.2. The van der Waals surface area contributed by atoms with Crippen LogP contribution in [-0.2, 0) is 18.3 Å². The van der Waals surface area contributed by atoms with Gasteiger partial charge in [0.25, 0.3) is 11.5 Å². The van der Waals surface area contributed by atoms with Gasteiger partial charge in [-0.1, -0.05) is 19.4 Å². The highest BCUT2D eigenvalue weighted by atomic mass is 32.1. The van der Waals surface area contributed by atoms with Crippen LogP contribution in [0, 0.1) is 13.5 Å². The lowest BCUT2D eigenvalue weighted by Gasteiger charge is -2.30. The largest absolute Gasteiger partial charge is 0.493 e. The maximum absolute atomic E-state index is 13.7. The van der Waals surface area contributed by atoms with Gasteiger partial charge in [-0.15, -0.1) is 0 Å². The first-order chi connectivity index (χ1) is 19.5. The lowest BCUT2D eigenvalue weighted by Crippen LogP contribution is -2.44. The monoisotopic (exact) mass is 569 g/mol. The summed E-state index contributed by atoms with van der Waals surface area (Å²) in [5, 5.41) is 4.83. The maximum Gasteiger partial charge on any atom is 0.277 e. The average molecular weight is 570 g/mol. The Labute approximate surface area is 243 Å². The number of ether oxygens (including phenoxy) is 1. The summed E-state index contributed by atoms with van der Waals surface area (Å²) in [7, 11) is 1.74. The van der Waals surface area contributed by atoms with Crippen molar-refractivity contribution in [2.45, 2.75) is 53.0 Å². The van der Waals surface area contributed by atoms with Crippen LogP contribution in [0.1, 0.15) is 45.4 Å². The van der Waals surface area contributed by atoms with Crippen molar-refractivity contribution in [2.75, 3.05) is 16.4 Å². The Kier molecular flexibility index (Phi) is 7.13. The van der Waals surface area contributed by atoms with Crippen molar-refractivity contribution in [3.63, 3.8) is 0 Å². The zero-order valence-electron chi connectivity index (χ0n) is 23.9. The number of benzene rings is 2. The topological polar surface area (TPSA) is 101 Å². The van der Waals surface area contributed by atoms with Crippen molar-refractivity contribution in [2.24, 2.45) is 7.05 Å². The number of aromatic amines is 1. The molecule has 0 unspecified atom stereocenters. The lowest BCUT2D eigenvalue weighted by molar-refractivity contribution is -0.120. The molecule has 0 spiro atoms. The van der Waals surface area contributed by atoms with Gasteiger partial charge in [-0.3, -0.25) is 19.2 Å². The quantitative estimate of drug-likeness (QED) is 0.233. The molecule has 5 rings (SSSR count). The summed E-state index contributed by atoms with van der Waals surface area (Å²) in [5.41, 5.74) is 3.50. The molecule has 0 saturated carbocycles. The number of amides is 1. The smallest absolute Gasteiger partial charge is 0.277 e. The molecule has 2 aromatic heterocycles. The van der Waals surface area contributed by atoms with Gasteiger partial charge in [0.2, 0.25) is 0 Å². The van der Waals surface area contributed by atoms with Gasteiger partial charge < -0.3 is 14.6 Å². The number of fused-ring (bicyclic) bond motifs is 1. The molecule has 0 bridgehead atoms. The Morgan fingerprint density at radius 3 is 2.51 bits per heavy atom. The molecule has 10 nitrogen and oxygen atoms in total. The third-order valence-electron chi connectivity index (χ3n) is 7.25. The highest BCUT2D eigenvalue weighted by Crippen LogP contribution is 2.40. The number of anilines is 2. The zero-order valence-corrected chi connectivity index (χ0v) is 24.7. The molecular weight excluding hydrogens is 538 g/mol.